The normalized spacial score (nSPS) is 12.1. The molecular formula is C50H34BN4Pt+. The molecule has 266 valence electrons. The predicted octanol–water partition coefficient (Wildman–Crippen LogP) is 9.18. The van der Waals surface area contributed by atoms with E-state index < -0.39 is 0 Å². The van der Waals surface area contributed by atoms with E-state index >= 15 is 0 Å². The Morgan fingerprint density at radius 3 is 1.61 bits per heavy atom. The van der Waals surface area contributed by atoms with Gasteiger partial charge in [0.25, 0.3) is 6.33 Å². The van der Waals surface area contributed by atoms with Crippen LogP contribution < -0.4 is 30.8 Å². The van der Waals surface area contributed by atoms with Crippen LogP contribution in [-0.4, -0.2) is 11.3 Å². The van der Waals surface area contributed by atoms with Crippen LogP contribution in [0.2, 0.25) is 0 Å². The third-order valence-electron chi connectivity index (χ3n) is 10.4. The van der Waals surface area contributed by atoms with E-state index in [9.17, 15) is 0 Å². The van der Waals surface area contributed by atoms with Crippen LogP contribution in [0.5, 0.6) is 0 Å². The van der Waals surface area contributed by atoms with Gasteiger partial charge in [-0.15, -0.1) is 12.1 Å². The zero-order valence-electron chi connectivity index (χ0n) is 30.6. The number of hydrogen-bond acceptors (Lipinski definition) is 2. The summed E-state index contributed by atoms with van der Waals surface area (Å²) >= 11 is 0. The fourth-order valence-electron chi connectivity index (χ4n) is 8.01. The van der Waals surface area contributed by atoms with E-state index in [0.29, 0.717) is 0 Å². The molecule has 56 heavy (non-hydrogen) atoms. The fourth-order valence-corrected chi connectivity index (χ4v) is 8.01. The third kappa shape index (κ3) is 6.06. The summed E-state index contributed by atoms with van der Waals surface area (Å²) in [5.74, 6) is 0. The van der Waals surface area contributed by atoms with Crippen LogP contribution in [0, 0.1) is 31.5 Å². The molecule has 0 saturated heterocycles. The van der Waals surface area contributed by atoms with Crippen molar-refractivity contribution in [3.8, 4) is 11.4 Å². The number of aryl methyl sites for hydroxylation is 1. The summed E-state index contributed by atoms with van der Waals surface area (Å²) in [7, 11) is 0. The molecule has 0 N–H and O–H groups in total. The molecule has 0 saturated carbocycles. The average Bonchev–Trinajstić information content (AvgIpc) is 3.65. The minimum Gasteiger partial charge on any atom is -0.366 e. The molecule has 0 spiro atoms. The van der Waals surface area contributed by atoms with E-state index in [1.807, 2.05) is 36.4 Å². The minimum absolute atomic E-state index is 0. The first-order valence-electron chi connectivity index (χ1n) is 18.6. The van der Waals surface area contributed by atoms with Gasteiger partial charge in [-0.1, -0.05) is 95.8 Å². The maximum absolute atomic E-state index is 3.61. The average molecular weight is 897 g/mol. The van der Waals surface area contributed by atoms with E-state index in [0.717, 1.165) is 33.8 Å². The van der Waals surface area contributed by atoms with E-state index in [4.69, 9.17) is 0 Å². The molecule has 6 heteroatoms. The zero-order chi connectivity index (χ0) is 36.7. The molecule has 0 unspecified atom stereocenters. The summed E-state index contributed by atoms with van der Waals surface area (Å²) in [6.07, 6.45) is 3.44. The molecule has 0 amide bonds. The van der Waals surface area contributed by atoms with Crippen molar-refractivity contribution in [2.45, 2.75) is 6.92 Å². The van der Waals surface area contributed by atoms with Crippen molar-refractivity contribution in [3.63, 3.8) is 0 Å². The first-order valence-corrected chi connectivity index (χ1v) is 18.6. The van der Waals surface area contributed by atoms with Crippen LogP contribution in [0.4, 0.5) is 34.1 Å². The number of rotatable bonds is 4. The number of para-hydroxylation sites is 5. The van der Waals surface area contributed by atoms with Gasteiger partial charge < -0.3 is 14.4 Å². The van der Waals surface area contributed by atoms with Crippen molar-refractivity contribution in [2.75, 3.05) is 9.80 Å². The van der Waals surface area contributed by atoms with Crippen molar-refractivity contribution in [3.05, 3.63) is 218 Å². The SMILES string of the molecule is Cc1ccc(-[n+]2[c-]n(-c3[c-]cccc3)c3ccccc32)cc1.[Pt+4].[c-]1cccc2c1B1c3[c-]cccc3N(c3ccccc3)c3cccc(c31)N2c1ccccc1. The monoisotopic (exact) mass is 896 g/mol. The second-order valence-electron chi connectivity index (χ2n) is 13.8. The van der Waals surface area contributed by atoms with Gasteiger partial charge in [-0.25, -0.2) is 0 Å². The zero-order valence-corrected chi connectivity index (χ0v) is 32.9. The second kappa shape index (κ2) is 15.0. The van der Waals surface area contributed by atoms with Crippen LogP contribution in [0.3, 0.4) is 0 Å². The molecule has 0 aliphatic carbocycles. The molecular weight excluding hydrogens is 862 g/mol. The maximum Gasteiger partial charge on any atom is 4.00 e. The van der Waals surface area contributed by atoms with Crippen LogP contribution in [0.1, 0.15) is 5.56 Å². The predicted molar refractivity (Wildman–Crippen MR) is 225 cm³/mol. The van der Waals surface area contributed by atoms with Gasteiger partial charge in [0.05, 0.1) is 16.7 Å². The number of anilines is 6. The molecule has 0 bridgehead atoms. The number of nitrogens with zero attached hydrogens (tertiary/aromatic N) is 4. The molecule has 11 rings (SSSR count). The van der Waals surface area contributed by atoms with Gasteiger partial charge in [0, 0.05) is 22.7 Å². The Bertz CT molecular complexity index is 2680. The second-order valence-corrected chi connectivity index (χ2v) is 13.8. The standard InChI is InChI=1S/C30H19BN2.C20H15N2.Pt/c1-3-12-22(13-4-1)32-26-18-9-7-16-24(26)31-25-17-8-10-19-27(25)33(23-14-5-2-6-15-23)29-21-11-20-28(32)30(29)31;1-16-11-13-18(14-12-16)22-15-21(17-7-3-2-4-8-17)19-9-5-6-10-20(19)22;/h1-15,18-21H;2-7,9-14H,1H3;/q-2;-1;+4. The van der Waals surface area contributed by atoms with Crippen molar-refractivity contribution in [2.24, 2.45) is 0 Å². The summed E-state index contributed by atoms with van der Waals surface area (Å²) in [4.78, 5) is 4.75. The van der Waals surface area contributed by atoms with Gasteiger partial charge in [0.1, 0.15) is 0 Å². The summed E-state index contributed by atoms with van der Waals surface area (Å²) < 4.78 is 4.14. The smallest absolute Gasteiger partial charge is 0.366 e. The number of aromatic nitrogens is 2. The van der Waals surface area contributed by atoms with Gasteiger partial charge in [0.15, 0.2) is 0 Å². The Labute approximate surface area is 342 Å². The van der Waals surface area contributed by atoms with Crippen molar-refractivity contribution >= 4 is 68.3 Å². The van der Waals surface area contributed by atoms with E-state index in [1.165, 1.54) is 44.7 Å². The number of benzene rings is 8. The van der Waals surface area contributed by atoms with E-state index in [1.54, 1.807) is 0 Å². The molecule has 0 atom stereocenters. The number of fused-ring (bicyclic) bond motifs is 5. The van der Waals surface area contributed by atoms with Crippen LogP contribution in [0.25, 0.3) is 22.4 Å². The van der Waals surface area contributed by atoms with Crippen molar-refractivity contribution in [1.82, 2.24) is 4.57 Å². The Morgan fingerprint density at radius 1 is 0.482 bits per heavy atom. The van der Waals surface area contributed by atoms with Gasteiger partial charge in [-0.05, 0) is 66.6 Å². The summed E-state index contributed by atoms with van der Waals surface area (Å²) in [6.45, 7) is 2.18. The Morgan fingerprint density at radius 2 is 1.02 bits per heavy atom. The van der Waals surface area contributed by atoms with Gasteiger partial charge in [0.2, 0.25) is 6.71 Å². The van der Waals surface area contributed by atoms with E-state index in [2.05, 4.69) is 202 Å². The summed E-state index contributed by atoms with van der Waals surface area (Å²) in [5.41, 5.74) is 16.4. The summed E-state index contributed by atoms with van der Waals surface area (Å²) in [5, 5.41) is 0. The Hall–Kier alpha value is -6.42. The largest absolute Gasteiger partial charge is 4.00 e. The van der Waals surface area contributed by atoms with Crippen LogP contribution in [0.15, 0.2) is 188 Å². The fraction of sp³-hybridized carbons (Fsp3) is 0.0200. The number of imidazole rings is 1. The Kier molecular flexibility index (Phi) is 9.47. The van der Waals surface area contributed by atoms with Crippen molar-refractivity contribution in [1.29, 1.82) is 0 Å². The minimum atomic E-state index is 0. The quantitative estimate of drug-likeness (QED) is 0.0996. The first kappa shape index (κ1) is 35.3. The first-order chi connectivity index (χ1) is 27.2. The summed E-state index contributed by atoms with van der Waals surface area (Å²) in [6, 6.07) is 75.8. The van der Waals surface area contributed by atoms with Gasteiger partial charge in [-0.2, -0.15) is 77.7 Å². The molecule has 1 aromatic heterocycles. The third-order valence-corrected chi connectivity index (χ3v) is 10.4. The van der Waals surface area contributed by atoms with Crippen LogP contribution in [-0.2, 0) is 21.1 Å². The molecule has 0 fully saturated rings. The molecule has 2 aliphatic heterocycles. The van der Waals surface area contributed by atoms with Gasteiger partial charge in [-0.3, -0.25) is 4.57 Å². The van der Waals surface area contributed by atoms with Crippen molar-refractivity contribution < 1.29 is 25.6 Å². The molecule has 4 nitrogen and oxygen atoms in total. The number of hydrogen-bond donors (Lipinski definition) is 0. The Balaban J connectivity index is 0.000000156. The van der Waals surface area contributed by atoms with Crippen LogP contribution >= 0.6 is 0 Å². The van der Waals surface area contributed by atoms with E-state index in [-0.39, 0.29) is 27.8 Å². The molecule has 2 aliphatic rings. The maximum atomic E-state index is 3.61. The molecule has 0 radical (unpaired) electrons. The molecule has 3 heterocycles. The topological polar surface area (TPSA) is 15.3 Å². The molecule has 8 aromatic carbocycles. The molecule has 9 aromatic rings. The van der Waals surface area contributed by atoms with Gasteiger partial charge >= 0.3 is 21.1 Å².